The molecule has 0 saturated heterocycles. The quantitative estimate of drug-likeness (QED) is 0.733. The van der Waals surface area contributed by atoms with Crippen molar-refractivity contribution >= 4 is 0 Å². The first kappa shape index (κ1) is 10.1. The van der Waals surface area contributed by atoms with Gasteiger partial charge in [-0.15, -0.1) is 0 Å². The van der Waals surface area contributed by atoms with Gasteiger partial charge in [-0.25, -0.2) is 13.2 Å². The summed E-state index contributed by atoms with van der Waals surface area (Å²) < 4.78 is 38.9. The number of rotatable bonds is 1. The van der Waals surface area contributed by atoms with Gasteiger partial charge < -0.3 is 5.11 Å². The van der Waals surface area contributed by atoms with Gasteiger partial charge in [0.05, 0.1) is 5.60 Å². The van der Waals surface area contributed by atoms with E-state index < -0.39 is 23.1 Å². The molecule has 4 heteroatoms. The Balaban J connectivity index is 2.02. The van der Waals surface area contributed by atoms with E-state index in [1.54, 1.807) is 0 Å². The second-order valence-corrected chi connectivity index (χ2v) is 4.72. The normalized spacial score (nSPS) is 36.2. The highest BCUT2D eigenvalue weighted by molar-refractivity contribution is 5.35. The Kier molecular flexibility index (Phi) is 1.90. The van der Waals surface area contributed by atoms with Crippen LogP contribution in [0, 0.1) is 29.3 Å². The lowest BCUT2D eigenvalue weighted by Crippen LogP contribution is -2.14. The molecule has 1 aromatic rings. The molecule has 0 bridgehead atoms. The first-order chi connectivity index (χ1) is 7.55. The Morgan fingerprint density at radius 1 is 1.06 bits per heavy atom. The average molecular weight is 228 g/mol. The van der Waals surface area contributed by atoms with E-state index in [2.05, 4.69) is 0 Å². The number of benzene rings is 1. The highest BCUT2D eigenvalue weighted by atomic mass is 19.2. The third-order valence-electron chi connectivity index (χ3n) is 3.98. The van der Waals surface area contributed by atoms with Crippen molar-refractivity contribution in [1.29, 1.82) is 0 Å². The molecule has 2 saturated carbocycles. The van der Waals surface area contributed by atoms with Crippen LogP contribution in [-0.2, 0) is 5.60 Å². The molecule has 0 spiro atoms. The summed E-state index contributed by atoms with van der Waals surface area (Å²) in [6, 6.07) is 1.83. The molecule has 1 N–H and O–H groups in total. The first-order valence-corrected chi connectivity index (χ1v) is 5.42. The maximum atomic E-state index is 13.0. The van der Waals surface area contributed by atoms with E-state index >= 15 is 0 Å². The molecule has 0 radical (unpaired) electrons. The molecule has 0 aromatic heterocycles. The van der Waals surface area contributed by atoms with Crippen molar-refractivity contribution in [2.75, 3.05) is 0 Å². The Hall–Kier alpha value is -1.03. The molecule has 86 valence electrons. The van der Waals surface area contributed by atoms with Gasteiger partial charge >= 0.3 is 0 Å². The van der Waals surface area contributed by atoms with E-state index in [1.807, 2.05) is 0 Å². The van der Waals surface area contributed by atoms with Crippen LogP contribution in [0.25, 0.3) is 0 Å². The number of aliphatic hydroxyl groups is 1. The van der Waals surface area contributed by atoms with Gasteiger partial charge in [0, 0.05) is 0 Å². The average Bonchev–Trinajstić information content (AvgIpc) is 2.68. The zero-order chi connectivity index (χ0) is 11.5. The van der Waals surface area contributed by atoms with Crippen molar-refractivity contribution in [1.82, 2.24) is 0 Å². The molecule has 2 aliphatic carbocycles. The van der Waals surface area contributed by atoms with Gasteiger partial charge in [-0.05, 0) is 42.4 Å². The molecule has 2 aliphatic rings. The summed E-state index contributed by atoms with van der Waals surface area (Å²) in [7, 11) is 0. The maximum absolute atomic E-state index is 13.0. The molecule has 0 aliphatic heterocycles. The summed E-state index contributed by atoms with van der Waals surface area (Å²) in [6.07, 6.45) is 2.80. The fourth-order valence-corrected chi connectivity index (χ4v) is 3.14. The molecule has 0 heterocycles. The van der Waals surface area contributed by atoms with Gasteiger partial charge in [0.1, 0.15) is 0 Å². The van der Waals surface area contributed by atoms with Crippen LogP contribution in [0.5, 0.6) is 0 Å². The predicted octanol–water partition coefficient (Wildman–Crippen LogP) is 2.72. The number of hydrogen-bond donors (Lipinski definition) is 1. The lowest BCUT2D eigenvalue weighted by Gasteiger charge is -2.15. The van der Waals surface area contributed by atoms with Crippen LogP contribution in [0.1, 0.15) is 24.8 Å². The van der Waals surface area contributed by atoms with Crippen molar-refractivity contribution < 1.29 is 18.3 Å². The predicted molar refractivity (Wildman–Crippen MR) is 51.0 cm³/mol. The third kappa shape index (κ3) is 1.11. The highest BCUT2D eigenvalue weighted by Crippen LogP contribution is 2.66. The monoisotopic (exact) mass is 228 g/mol. The van der Waals surface area contributed by atoms with Crippen LogP contribution in [-0.4, -0.2) is 5.11 Å². The fraction of sp³-hybridized carbons (Fsp3) is 0.500. The van der Waals surface area contributed by atoms with Gasteiger partial charge in [-0.1, -0.05) is 6.42 Å². The van der Waals surface area contributed by atoms with Crippen LogP contribution >= 0.6 is 0 Å². The van der Waals surface area contributed by atoms with Gasteiger partial charge in [-0.3, -0.25) is 0 Å². The third-order valence-corrected chi connectivity index (χ3v) is 3.98. The van der Waals surface area contributed by atoms with E-state index in [9.17, 15) is 18.3 Å². The zero-order valence-corrected chi connectivity index (χ0v) is 8.51. The van der Waals surface area contributed by atoms with Crippen LogP contribution in [0.15, 0.2) is 12.1 Å². The van der Waals surface area contributed by atoms with Crippen LogP contribution in [0.4, 0.5) is 13.2 Å². The second kappa shape index (κ2) is 3.00. The van der Waals surface area contributed by atoms with Crippen molar-refractivity contribution in [3.8, 4) is 0 Å². The Morgan fingerprint density at radius 2 is 1.56 bits per heavy atom. The van der Waals surface area contributed by atoms with Crippen LogP contribution < -0.4 is 0 Å². The van der Waals surface area contributed by atoms with Crippen molar-refractivity contribution in [3.05, 3.63) is 35.1 Å². The molecule has 1 nitrogen and oxygen atoms in total. The smallest absolute Gasteiger partial charge is 0.194 e. The minimum atomic E-state index is -1.47. The fourth-order valence-electron chi connectivity index (χ4n) is 3.14. The zero-order valence-electron chi connectivity index (χ0n) is 8.51. The van der Waals surface area contributed by atoms with Crippen LogP contribution in [0.2, 0.25) is 0 Å². The van der Waals surface area contributed by atoms with Gasteiger partial charge in [0.15, 0.2) is 17.5 Å². The largest absolute Gasteiger partial charge is 0.385 e. The lowest BCUT2D eigenvalue weighted by atomic mass is 9.99. The Bertz CT molecular complexity index is 425. The molecule has 0 amide bonds. The Labute approximate surface area is 90.9 Å². The van der Waals surface area contributed by atoms with Crippen molar-refractivity contribution in [3.63, 3.8) is 0 Å². The molecule has 16 heavy (non-hydrogen) atoms. The molecule has 2 atom stereocenters. The van der Waals surface area contributed by atoms with Gasteiger partial charge in [0.2, 0.25) is 0 Å². The van der Waals surface area contributed by atoms with Crippen molar-refractivity contribution in [2.24, 2.45) is 11.8 Å². The van der Waals surface area contributed by atoms with E-state index in [4.69, 9.17) is 0 Å². The molecular weight excluding hydrogens is 217 g/mol. The summed E-state index contributed by atoms with van der Waals surface area (Å²) in [5.74, 6) is -3.74. The summed E-state index contributed by atoms with van der Waals surface area (Å²) in [5.41, 5.74) is -0.938. The van der Waals surface area contributed by atoms with E-state index in [1.165, 1.54) is 0 Å². The van der Waals surface area contributed by atoms with Crippen molar-refractivity contribution in [2.45, 2.75) is 24.9 Å². The number of halogens is 3. The molecule has 2 fully saturated rings. The second-order valence-electron chi connectivity index (χ2n) is 4.72. The summed E-state index contributed by atoms with van der Waals surface area (Å²) >= 11 is 0. The number of fused-ring (bicyclic) bond motifs is 1. The summed E-state index contributed by atoms with van der Waals surface area (Å²) in [6.45, 7) is 0. The minimum Gasteiger partial charge on any atom is -0.385 e. The van der Waals surface area contributed by atoms with Crippen LogP contribution in [0.3, 0.4) is 0 Å². The topological polar surface area (TPSA) is 20.2 Å². The first-order valence-electron chi connectivity index (χ1n) is 5.42. The van der Waals surface area contributed by atoms with E-state index in [-0.39, 0.29) is 17.4 Å². The standard InChI is InChI=1S/C12H11F3O/c13-9-4-6(5-10(14)11(9)15)12(16)7-2-1-3-8(7)12/h4-5,7-8,16H,1-3H2. The van der Waals surface area contributed by atoms with Gasteiger partial charge in [-0.2, -0.15) is 0 Å². The molecule has 1 aromatic carbocycles. The highest BCUT2D eigenvalue weighted by Gasteiger charge is 2.66. The summed E-state index contributed by atoms with van der Waals surface area (Å²) in [5, 5.41) is 10.3. The molecule has 2 unspecified atom stereocenters. The van der Waals surface area contributed by atoms with E-state index in [0.717, 1.165) is 31.4 Å². The molecule has 3 rings (SSSR count). The Morgan fingerprint density at radius 3 is 2.06 bits per heavy atom. The minimum absolute atomic E-state index is 0.0942. The SMILES string of the molecule is OC1(c2cc(F)c(F)c(F)c2)C2CCCC21. The summed E-state index contributed by atoms with van der Waals surface area (Å²) in [4.78, 5) is 0. The number of hydrogen-bond acceptors (Lipinski definition) is 1. The van der Waals surface area contributed by atoms with E-state index in [0.29, 0.717) is 0 Å². The lowest BCUT2D eigenvalue weighted by molar-refractivity contribution is 0.104. The maximum Gasteiger partial charge on any atom is 0.194 e. The molecular formula is C12H11F3O. The van der Waals surface area contributed by atoms with Gasteiger partial charge in [0.25, 0.3) is 0 Å².